The maximum atomic E-state index is 13.8. The van der Waals surface area contributed by atoms with E-state index in [1.807, 2.05) is 13.8 Å². The first kappa shape index (κ1) is 14.8. The summed E-state index contributed by atoms with van der Waals surface area (Å²) in [5, 5.41) is 6.86. The molecule has 0 saturated carbocycles. The van der Waals surface area contributed by atoms with Crippen LogP contribution in [0.15, 0.2) is 23.4 Å². The van der Waals surface area contributed by atoms with Crippen molar-refractivity contribution in [2.24, 2.45) is 5.16 Å². The van der Waals surface area contributed by atoms with Crippen LogP contribution in [0.25, 0.3) is 0 Å². The van der Waals surface area contributed by atoms with Crippen LogP contribution >= 0.6 is 11.6 Å². The second-order valence-electron chi connectivity index (χ2n) is 4.75. The fourth-order valence-electron chi connectivity index (χ4n) is 1.88. The van der Waals surface area contributed by atoms with Gasteiger partial charge in [0.05, 0.1) is 16.3 Å². The van der Waals surface area contributed by atoms with E-state index in [2.05, 4.69) is 10.5 Å². The van der Waals surface area contributed by atoms with Crippen molar-refractivity contribution >= 4 is 23.2 Å². The highest BCUT2D eigenvalue weighted by Gasteiger charge is 2.31. The lowest BCUT2D eigenvalue weighted by Crippen LogP contribution is -2.39. The van der Waals surface area contributed by atoms with E-state index in [1.54, 1.807) is 6.07 Å². The number of rotatable bonds is 4. The van der Waals surface area contributed by atoms with Crippen LogP contribution in [0.2, 0.25) is 5.02 Å². The topological polar surface area (TPSA) is 50.7 Å². The number of amides is 1. The highest BCUT2D eigenvalue weighted by atomic mass is 35.5. The first-order valence-corrected chi connectivity index (χ1v) is 6.88. The minimum Gasteiger partial charge on any atom is -0.382 e. The first-order chi connectivity index (χ1) is 9.52. The van der Waals surface area contributed by atoms with Gasteiger partial charge in [-0.05, 0) is 25.5 Å². The van der Waals surface area contributed by atoms with Crippen molar-refractivity contribution in [1.29, 1.82) is 0 Å². The van der Waals surface area contributed by atoms with Gasteiger partial charge in [0.1, 0.15) is 5.82 Å². The van der Waals surface area contributed by atoms with E-state index in [1.165, 1.54) is 12.1 Å². The molecule has 4 nitrogen and oxygen atoms in total. The average Bonchev–Trinajstić information content (AvgIpc) is 2.88. The number of nitrogens with zero attached hydrogens (tertiary/aromatic N) is 1. The van der Waals surface area contributed by atoms with Crippen LogP contribution < -0.4 is 5.32 Å². The predicted octanol–water partition coefficient (Wildman–Crippen LogP) is 2.89. The summed E-state index contributed by atoms with van der Waals surface area (Å²) in [6.45, 7) is 3.88. The van der Waals surface area contributed by atoms with E-state index in [4.69, 9.17) is 16.4 Å². The number of halogens is 2. The number of benzene rings is 1. The zero-order valence-corrected chi connectivity index (χ0v) is 12.1. The van der Waals surface area contributed by atoms with Crippen LogP contribution in [0.5, 0.6) is 0 Å². The maximum absolute atomic E-state index is 13.8. The standard InChI is InChI=1S/C14H16ClFN2O2/c1-3-8(2)17-14(19)12-7-11(18-20-12)13-9(15)5-4-6-10(13)16/h4-6,8,12H,3,7H2,1-2H3,(H,17,19)/t8-,12+/m1/s1. The highest BCUT2D eigenvalue weighted by Crippen LogP contribution is 2.25. The summed E-state index contributed by atoms with van der Waals surface area (Å²) in [7, 11) is 0. The van der Waals surface area contributed by atoms with Crippen molar-refractivity contribution in [3.05, 3.63) is 34.6 Å². The van der Waals surface area contributed by atoms with Gasteiger partial charge in [-0.15, -0.1) is 0 Å². The van der Waals surface area contributed by atoms with Crippen LogP contribution in [0.1, 0.15) is 32.3 Å². The maximum Gasteiger partial charge on any atom is 0.264 e. The molecule has 1 aromatic rings. The van der Waals surface area contributed by atoms with Crippen molar-refractivity contribution < 1.29 is 14.0 Å². The molecule has 1 aliphatic rings. The van der Waals surface area contributed by atoms with E-state index in [0.29, 0.717) is 5.71 Å². The molecule has 0 saturated heterocycles. The predicted molar refractivity (Wildman–Crippen MR) is 75.3 cm³/mol. The molecule has 2 rings (SSSR count). The van der Waals surface area contributed by atoms with E-state index < -0.39 is 11.9 Å². The summed E-state index contributed by atoms with van der Waals surface area (Å²) in [4.78, 5) is 17.0. The quantitative estimate of drug-likeness (QED) is 0.929. The van der Waals surface area contributed by atoms with E-state index >= 15 is 0 Å². The normalized spacial score (nSPS) is 19.2. The third-order valence-corrected chi connectivity index (χ3v) is 3.53. The van der Waals surface area contributed by atoms with Gasteiger partial charge < -0.3 is 10.2 Å². The van der Waals surface area contributed by atoms with Gasteiger partial charge in [0.15, 0.2) is 0 Å². The number of hydrogen-bond acceptors (Lipinski definition) is 3. The molecule has 0 spiro atoms. The lowest BCUT2D eigenvalue weighted by Gasteiger charge is -2.14. The summed E-state index contributed by atoms with van der Waals surface area (Å²) >= 11 is 5.97. The molecule has 0 bridgehead atoms. The Balaban J connectivity index is 2.07. The highest BCUT2D eigenvalue weighted by molar-refractivity contribution is 6.34. The molecular formula is C14H16ClFN2O2. The molecule has 0 fully saturated rings. The molecule has 1 heterocycles. The van der Waals surface area contributed by atoms with Crippen LogP contribution in [0.3, 0.4) is 0 Å². The van der Waals surface area contributed by atoms with Crippen molar-refractivity contribution in [3.8, 4) is 0 Å². The molecule has 1 aromatic carbocycles. The van der Waals surface area contributed by atoms with Gasteiger partial charge >= 0.3 is 0 Å². The van der Waals surface area contributed by atoms with Gasteiger partial charge in [-0.2, -0.15) is 0 Å². The Morgan fingerprint density at radius 1 is 1.65 bits per heavy atom. The van der Waals surface area contributed by atoms with Crippen LogP contribution in [-0.2, 0) is 9.63 Å². The monoisotopic (exact) mass is 298 g/mol. The molecule has 1 amide bonds. The third kappa shape index (κ3) is 3.10. The Morgan fingerprint density at radius 3 is 3.05 bits per heavy atom. The Morgan fingerprint density at radius 2 is 2.40 bits per heavy atom. The van der Waals surface area contributed by atoms with E-state index in [-0.39, 0.29) is 29.0 Å². The van der Waals surface area contributed by atoms with Crippen LogP contribution in [0, 0.1) is 5.82 Å². The molecule has 0 radical (unpaired) electrons. The molecule has 0 unspecified atom stereocenters. The third-order valence-electron chi connectivity index (χ3n) is 3.21. The van der Waals surface area contributed by atoms with Crippen molar-refractivity contribution in [2.75, 3.05) is 0 Å². The summed E-state index contributed by atoms with van der Waals surface area (Å²) < 4.78 is 13.8. The van der Waals surface area contributed by atoms with Gasteiger partial charge in [0, 0.05) is 12.5 Å². The molecule has 0 aromatic heterocycles. The average molecular weight is 299 g/mol. The zero-order valence-electron chi connectivity index (χ0n) is 11.3. The minimum absolute atomic E-state index is 0.0622. The Bertz CT molecular complexity index is 528. The first-order valence-electron chi connectivity index (χ1n) is 6.50. The van der Waals surface area contributed by atoms with E-state index in [0.717, 1.165) is 6.42 Å². The van der Waals surface area contributed by atoms with Gasteiger partial charge in [-0.25, -0.2) is 4.39 Å². The van der Waals surface area contributed by atoms with Crippen LogP contribution in [0.4, 0.5) is 4.39 Å². The summed E-state index contributed by atoms with van der Waals surface area (Å²) in [6, 6.07) is 4.46. The molecule has 1 N–H and O–H groups in total. The lowest BCUT2D eigenvalue weighted by atomic mass is 10.0. The fourth-order valence-corrected chi connectivity index (χ4v) is 2.15. The molecule has 108 valence electrons. The Kier molecular flexibility index (Phi) is 4.60. The van der Waals surface area contributed by atoms with Crippen molar-refractivity contribution in [2.45, 2.75) is 38.8 Å². The smallest absolute Gasteiger partial charge is 0.264 e. The molecule has 0 aliphatic carbocycles. The number of carbonyl (C=O) groups is 1. The number of oxime groups is 1. The summed E-state index contributed by atoms with van der Waals surface area (Å²) in [6.07, 6.45) is 0.309. The van der Waals surface area contributed by atoms with Gasteiger partial charge in [-0.1, -0.05) is 29.7 Å². The Labute approximate surface area is 121 Å². The second-order valence-corrected chi connectivity index (χ2v) is 5.16. The van der Waals surface area contributed by atoms with Gasteiger partial charge in [0.25, 0.3) is 5.91 Å². The van der Waals surface area contributed by atoms with Gasteiger partial charge in [0.2, 0.25) is 6.10 Å². The summed E-state index contributed by atoms with van der Waals surface area (Å²) in [5.74, 6) is -0.714. The largest absolute Gasteiger partial charge is 0.382 e. The van der Waals surface area contributed by atoms with Crippen molar-refractivity contribution in [3.63, 3.8) is 0 Å². The molecular weight excluding hydrogens is 283 g/mol. The second kappa shape index (κ2) is 6.22. The van der Waals surface area contributed by atoms with Gasteiger partial charge in [-0.3, -0.25) is 4.79 Å². The Hall–Kier alpha value is -1.62. The summed E-state index contributed by atoms with van der Waals surface area (Å²) in [5.41, 5.74) is 0.561. The molecule has 20 heavy (non-hydrogen) atoms. The minimum atomic E-state index is -0.727. The number of nitrogens with one attached hydrogen (secondary N) is 1. The number of hydrogen-bond donors (Lipinski definition) is 1. The SMILES string of the molecule is CC[C@@H](C)NC(=O)[C@@H]1CC(c2c(F)cccc2Cl)=NO1. The lowest BCUT2D eigenvalue weighted by molar-refractivity contribution is -0.131. The zero-order chi connectivity index (χ0) is 14.7. The molecule has 2 atom stereocenters. The van der Waals surface area contributed by atoms with E-state index in [9.17, 15) is 9.18 Å². The molecule has 6 heteroatoms. The van der Waals surface area contributed by atoms with Crippen molar-refractivity contribution in [1.82, 2.24) is 5.32 Å². The molecule has 1 aliphatic heterocycles. The fraction of sp³-hybridized carbons (Fsp3) is 0.429. The van der Waals surface area contributed by atoms with Crippen LogP contribution in [-0.4, -0.2) is 23.8 Å². The number of carbonyl (C=O) groups excluding carboxylic acids is 1.